The molecule has 0 aromatic heterocycles. The number of nitrogens with two attached hydrogens (primary N) is 1. The molecular formula is C12H15ClN2O3. The Labute approximate surface area is 110 Å². The molecule has 2 amide bonds. The van der Waals surface area contributed by atoms with E-state index >= 15 is 0 Å². The van der Waals surface area contributed by atoms with Gasteiger partial charge >= 0.3 is 0 Å². The smallest absolute Gasteiger partial charge is 0.251 e. The van der Waals surface area contributed by atoms with Gasteiger partial charge in [-0.1, -0.05) is 11.6 Å². The zero-order valence-electron chi connectivity index (χ0n) is 10.2. The molecule has 0 aliphatic heterocycles. The molecule has 1 aromatic carbocycles. The van der Waals surface area contributed by atoms with Crippen LogP contribution in [0.4, 0.5) is 0 Å². The molecule has 1 rings (SSSR count). The van der Waals surface area contributed by atoms with Gasteiger partial charge in [0.15, 0.2) is 0 Å². The highest BCUT2D eigenvalue weighted by Gasteiger charge is 2.23. The summed E-state index contributed by atoms with van der Waals surface area (Å²) >= 11 is 5.71. The Hall–Kier alpha value is -1.75. The summed E-state index contributed by atoms with van der Waals surface area (Å²) in [4.78, 5) is 22.8. The van der Waals surface area contributed by atoms with Crippen LogP contribution in [0.15, 0.2) is 18.2 Å². The van der Waals surface area contributed by atoms with Gasteiger partial charge in [0.25, 0.3) is 5.91 Å². The topological polar surface area (TPSA) is 92.4 Å². The molecule has 98 valence electrons. The van der Waals surface area contributed by atoms with Gasteiger partial charge in [-0.05, 0) is 32.0 Å². The lowest BCUT2D eigenvalue weighted by Crippen LogP contribution is -2.46. The highest BCUT2D eigenvalue weighted by atomic mass is 35.5. The number of benzene rings is 1. The lowest BCUT2D eigenvalue weighted by molar-refractivity contribution is -0.119. The summed E-state index contributed by atoms with van der Waals surface area (Å²) in [6.45, 7) is 3.38. The van der Waals surface area contributed by atoms with Crippen LogP contribution in [0.3, 0.4) is 0 Å². The van der Waals surface area contributed by atoms with Gasteiger partial charge in [0.1, 0.15) is 5.75 Å². The van der Waals surface area contributed by atoms with Crippen LogP contribution in [0.5, 0.6) is 5.75 Å². The molecular weight excluding hydrogens is 256 g/mol. The van der Waals surface area contributed by atoms with Crippen molar-refractivity contribution in [2.45, 2.75) is 25.8 Å². The van der Waals surface area contributed by atoms with Gasteiger partial charge in [-0.25, -0.2) is 0 Å². The molecule has 0 aliphatic rings. The van der Waals surface area contributed by atoms with Crippen molar-refractivity contribution < 1.29 is 14.7 Å². The molecule has 0 heterocycles. The monoisotopic (exact) mass is 270 g/mol. The third kappa shape index (κ3) is 3.92. The van der Waals surface area contributed by atoms with Gasteiger partial charge in [-0.2, -0.15) is 0 Å². The van der Waals surface area contributed by atoms with Gasteiger partial charge in [0.05, 0.1) is 5.02 Å². The number of carbonyl (C=O) groups is 2. The van der Waals surface area contributed by atoms with Crippen molar-refractivity contribution in [1.29, 1.82) is 0 Å². The predicted octanol–water partition coefficient (Wildman–Crippen LogP) is 1.43. The van der Waals surface area contributed by atoms with Crippen LogP contribution in [0.2, 0.25) is 5.02 Å². The molecule has 1 aromatic rings. The van der Waals surface area contributed by atoms with E-state index in [2.05, 4.69) is 5.32 Å². The molecule has 0 radical (unpaired) electrons. The average Bonchev–Trinajstić information content (AvgIpc) is 2.19. The number of halogens is 1. The molecule has 0 fully saturated rings. The lowest BCUT2D eigenvalue weighted by Gasteiger charge is -2.24. The Morgan fingerprint density at radius 2 is 2.06 bits per heavy atom. The zero-order valence-corrected chi connectivity index (χ0v) is 10.9. The zero-order chi connectivity index (χ0) is 13.9. The second-order valence-corrected chi connectivity index (χ2v) is 5.05. The van der Waals surface area contributed by atoms with Crippen molar-refractivity contribution in [2.24, 2.45) is 5.73 Å². The molecule has 0 unspecified atom stereocenters. The van der Waals surface area contributed by atoms with Gasteiger partial charge in [-0.3, -0.25) is 9.59 Å². The molecule has 0 bridgehead atoms. The number of rotatable bonds is 4. The van der Waals surface area contributed by atoms with Gasteiger partial charge in [0.2, 0.25) is 5.91 Å². The lowest BCUT2D eigenvalue weighted by atomic mass is 9.99. The van der Waals surface area contributed by atoms with Crippen LogP contribution < -0.4 is 11.1 Å². The first kappa shape index (κ1) is 14.3. The Morgan fingerprint density at radius 1 is 1.44 bits per heavy atom. The van der Waals surface area contributed by atoms with E-state index in [4.69, 9.17) is 17.3 Å². The summed E-state index contributed by atoms with van der Waals surface area (Å²) in [6, 6.07) is 4.13. The molecule has 0 saturated heterocycles. The largest absolute Gasteiger partial charge is 0.506 e. The first-order chi connectivity index (χ1) is 8.21. The fourth-order valence-electron chi connectivity index (χ4n) is 1.51. The Bertz CT molecular complexity index is 486. The van der Waals surface area contributed by atoms with Crippen molar-refractivity contribution in [1.82, 2.24) is 5.32 Å². The molecule has 5 nitrogen and oxygen atoms in total. The summed E-state index contributed by atoms with van der Waals surface area (Å²) < 4.78 is 0. The first-order valence-electron chi connectivity index (χ1n) is 5.30. The van der Waals surface area contributed by atoms with Crippen molar-refractivity contribution in [3.63, 3.8) is 0 Å². The van der Waals surface area contributed by atoms with E-state index in [-0.39, 0.29) is 23.1 Å². The number of carbonyl (C=O) groups excluding carboxylic acids is 2. The number of phenolic OH excluding ortho intramolecular Hbond substituents is 1. The third-order valence-corrected chi connectivity index (χ3v) is 2.58. The van der Waals surface area contributed by atoms with Crippen LogP contribution in [0, 0.1) is 0 Å². The van der Waals surface area contributed by atoms with Crippen molar-refractivity contribution in [3.8, 4) is 5.75 Å². The number of phenols is 1. The maximum Gasteiger partial charge on any atom is 0.251 e. The number of aromatic hydroxyl groups is 1. The first-order valence-corrected chi connectivity index (χ1v) is 5.68. The second-order valence-electron chi connectivity index (χ2n) is 4.65. The molecule has 0 saturated carbocycles. The molecule has 0 spiro atoms. The highest BCUT2D eigenvalue weighted by molar-refractivity contribution is 6.32. The number of nitrogens with one attached hydrogen (secondary N) is 1. The number of hydrogen-bond donors (Lipinski definition) is 3. The van der Waals surface area contributed by atoms with Crippen molar-refractivity contribution in [3.05, 3.63) is 28.8 Å². The Balaban J connectivity index is 2.82. The third-order valence-electron chi connectivity index (χ3n) is 2.28. The summed E-state index contributed by atoms with van der Waals surface area (Å²) in [5.74, 6) is -0.975. The number of primary amides is 1. The minimum Gasteiger partial charge on any atom is -0.506 e. The Morgan fingerprint density at radius 3 is 2.56 bits per heavy atom. The maximum absolute atomic E-state index is 11.9. The fourth-order valence-corrected chi connectivity index (χ4v) is 1.69. The molecule has 4 N–H and O–H groups in total. The van der Waals surface area contributed by atoms with E-state index in [0.29, 0.717) is 5.56 Å². The standard InChI is InChI=1S/C12H15ClN2O3/c1-12(2,6-10(14)17)15-11(18)7-3-4-9(16)8(13)5-7/h3-5,16H,6H2,1-2H3,(H2,14,17)(H,15,18). The van der Waals surface area contributed by atoms with Gasteiger partial charge < -0.3 is 16.2 Å². The summed E-state index contributed by atoms with van der Waals surface area (Å²) in [5, 5.41) is 12.0. The quantitative estimate of drug-likeness (QED) is 0.773. The van der Waals surface area contributed by atoms with E-state index in [1.165, 1.54) is 18.2 Å². The average molecular weight is 271 g/mol. The minimum absolute atomic E-state index is 0.0323. The minimum atomic E-state index is -0.743. The van der Waals surface area contributed by atoms with Crippen LogP contribution >= 0.6 is 11.6 Å². The van der Waals surface area contributed by atoms with Gasteiger partial charge in [-0.15, -0.1) is 0 Å². The highest BCUT2D eigenvalue weighted by Crippen LogP contribution is 2.23. The molecule has 18 heavy (non-hydrogen) atoms. The summed E-state index contributed by atoms with van der Waals surface area (Å²) in [7, 11) is 0. The van der Waals surface area contributed by atoms with E-state index in [1.54, 1.807) is 13.8 Å². The predicted molar refractivity (Wildman–Crippen MR) is 68.5 cm³/mol. The van der Waals surface area contributed by atoms with E-state index in [0.717, 1.165) is 0 Å². The normalized spacial score (nSPS) is 11.1. The van der Waals surface area contributed by atoms with Crippen LogP contribution in [0.25, 0.3) is 0 Å². The number of amides is 2. The van der Waals surface area contributed by atoms with Crippen LogP contribution in [0.1, 0.15) is 30.6 Å². The molecule has 0 atom stereocenters. The van der Waals surface area contributed by atoms with Crippen molar-refractivity contribution in [2.75, 3.05) is 0 Å². The second kappa shape index (κ2) is 5.27. The summed E-state index contributed by atoms with van der Waals surface area (Å²) in [6.07, 6.45) is 0.0323. The summed E-state index contributed by atoms with van der Waals surface area (Å²) in [5.41, 5.74) is 4.65. The van der Waals surface area contributed by atoms with E-state index in [9.17, 15) is 14.7 Å². The number of hydrogen-bond acceptors (Lipinski definition) is 3. The van der Waals surface area contributed by atoms with Crippen LogP contribution in [-0.2, 0) is 4.79 Å². The Kier molecular flexibility index (Phi) is 4.19. The SMILES string of the molecule is CC(C)(CC(N)=O)NC(=O)c1ccc(O)c(Cl)c1. The molecule has 0 aliphatic carbocycles. The van der Waals surface area contributed by atoms with Crippen LogP contribution in [-0.4, -0.2) is 22.5 Å². The fraction of sp³-hybridized carbons (Fsp3) is 0.333. The van der Waals surface area contributed by atoms with Gasteiger partial charge in [0, 0.05) is 17.5 Å². The van der Waals surface area contributed by atoms with E-state index < -0.39 is 11.4 Å². The molecule has 6 heteroatoms. The van der Waals surface area contributed by atoms with Crippen molar-refractivity contribution >= 4 is 23.4 Å². The maximum atomic E-state index is 11.9. The van der Waals surface area contributed by atoms with E-state index in [1.807, 2.05) is 0 Å².